The third-order valence-electron chi connectivity index (χ3n) is 8.62. The number of methoxy groups -OCH3 is 1. The zero-order chi connectivity index (χ0) is 35.7. The smallest absolute Gasteiger partial charge is 0.410 e. The van der Waals surface area contributed by atoms with Crippen LogP contribution in [0.3, 0.4) is 0 Å². The Bertz CT molecular complexity index is 1810. The average molecular weight is 716 g/mol. The van der Waals surface area contributed by atoms with Crippen LogP contribution in [0.4, 0.5) is 14.9 Å². The molecule has 3 aromatic carbocycles. The van der Waals surface area contributed by atoms with Gasteiger partial charge in [-0.3, -0.25) is 9.69 Å². The van der Waals surface area contributed by atoms with Crippen molar-refractivity contribution in [3.05, 3.63) is 82.6 Å². The molecule has 0 bridgehead atoms. The number of halogens is 2. The van der Waals surface area contributed by atoms with Crippen molar-refractivity contribution in [1.82, 2.24) is 9.80 Å². The monoisotopic (exact) mass is 715 g/mol. The van der Waals surface area contributed by atoms with E-state index < -0.39 is 32.8 Å². The summed E-state index contributed by atoms with van der Waals surface area (Å²) in [6.45, 7) is 11.8. The number of piperazine rings is 1. The van der Waals surface area contributed by atoms with Crippen LogP contribution in [0, 0.1) is 5.82 Å². The summed E-state index contributed by atoms with van der Waals surface area (Å²) in [7, 11) is -3.11. The Morgan fingerprint density at radius 3 is 2.24 bits per heavy atom. The number of fused-ring (bicyclic) bond motifs is 1. The van der Waals surface area contributed by atoms with Crippen molar-refractivity contribution in [2.45, 2.75) is 69.5 Å². The van der Waals surface area contributed by atoms with E-state index >= 15 is 4.39 Å². The number of sulfonamides is 1. The fraction of sp³-hybridized carbons (Fsp3) is 0.444. The summed E-state index contributed by atoms with van der Waals surface area (Å²) in [6.07, 6.45) is 0.00328. The molecule has 0 spiro atoms. The molecule has 13 heteroatoms. The van der Waals surface area contributed by atoms with Gasteiger partial charge in [0, 0.05) is 37.8 Å². The van der Waals surface area contributed by atoms with Gasteiger partial charge in [0.05, 0.1) is 28.8 Å². The molecule has 0 radical (unpaired) electrons. The Kier molecular flexibility index (Phi) is 10.5. The molecule has 1 saturated heterocycles. The van der Waals surface area contributed by atoms with Crippen molar-refractivity contribution in [3.8, 4) is 11.5 Å². The number of ether oxygens (including phenoxy) is 3. The van der Waals surface area contributed by atoms with Crippen LogP contribution in [0.15, 0.2) is 65.6 Å². The second-order valence-corrected chi connectivity index (χ2v) is 15.7. The van der Waals surface area contributed by atoms with E-state index in [2.05, 4.69) is 4.90 Å². The van der Waals surface area contributed by atoms with Gasteiger partial charge in [0.25, 0.3) is 15.9 Å². The molecule has 49 heavy (non-hydrogen) atoms. The third-order valence-corrected chi connectivity index (χ3v) is 10.6. The number of benzene rings is 3. The highest BCUT2D eigenvalue weighted by Crippen LogP contribution is 2.53. The van der Waals surface area contributed by atoms with Crippen molar-refractivity contribution < 1.29 is 36.6 Å². The zero-order valence-corrected chi connectivity index (χ0v) is 30.2. The Hall–Kier alpha value is -3.87. The summed E-state index contributed by atoms with van der Waals surface area (Å²) in [5.74, 6) is -0.812. The molecule has 1 unspecified atom stereocenters. The van der Waals surface area contributed by atoms with Crippen LogP contribution in [0.5, 0.6) is 11.5 Å². The first-order valence-electron chi connectivity index (χ1n) is 16.3. The van der Waals surface area contributed by atoms with E-state index in [1.54, 1.807) is 11.0 Å². The molecule has 2 amide bonds. The van der Waals surface area contributed by atoms with Gasteiger partial charge >= 0.3 is 6.09 Å². The van der Waals surface area contributed by atoms with Crippen molar-refractivity contribution in [3.63, 3.8) is 0 Å². The highest BCUT2D eigenvalue weighted by molar-refractivity contribution is 7.93. The van der Waals surface area contributed by atoms with Gasteiger partial charge in [0.2, 0.25) is 0 Å². The second-order valence-electron chi connectivity index (χ2n) is 13.5. The lowest BCUT2D eigenvalue weighted by molar-refractivity contribution is -0.121. The Labute approximate surface area is 292 Å². The molecule has 264 valence electrons. The van der Waals surface area contributed by atoms with Crippen LogP contribution in [-0.2, 0) is 25.0 Å². The molecule has 0 aromatic heterocycles. The third kappa shape index (κ3) is 7.36. The normalized spacial score (nSPS) is 18.5. The van der Waals surface area contributed by atoms with Crippen LogP contribution in [-0.4, -0.2) is 81.8 Å². The summed E-state index contributed by atoms with van der Waals surface area (Å²) in [4.78, 5) is 31.2. The molecule has 2 aliphatic rings. The fourth-order valence-electron chi connectivity index (χ4n) is 6.41. The number of hydrogen-bond acceptors (Lipinski definition) is 8. The number of rotatable bonds is 10. The van der Waals surface area contributed by atoms with Gasteiger partial charge < -0.3 is 19.1 Å². The largest absolute Gasteiger partial charge is 0.495 e. The molecule has 1 fully saturated rings. The van der Waals surface area contributed by atoms with Gasteiger partial charge in [-0.25, -0.2) is 21.9 Å². The highest BCUT2D eigenvalue weighted by atomic mass is 35.5. The standard InChI is InChI=1S/C36H43ClFN3O7S/c1-24(2)47-25-12-14-26(15-13-25)49(44,45)41-31-23-32(46-6)29(37)22-28(31)36(33(41)42,27-10-7-8-11-30(27)38)16-9-17-39-18-20-40(21-19-39)34(43)48-35(3,4)5/h7-8,10-15,22-24H,9,16-21H2,1-6H3. The van der Waals surface area contributed by atoms with Gasteiger partial charge in [0.1, 0.15) is 28.3 Å². The maximum Gasteiger partial charge on any atom is 0.410 e. The molecule has 0 saturated carbocycles. The van der Waals surface area contributed by atoms with E-state index in [-0.39, 0.29) is 51.1 Å². The molecule has 0 aliphatic carbocycles. The Morgan fingerprint density at radius 1 is 1.00 bits per heavy atom. The van der Waals surface area contributed by atoms with Crippen LogP contribution < -0.4 is 13.8 Å². The molecule has 2 heterocycles. The van der Waals surface area contributed by atoms with Crippen LogP contribution >= 0.6 is 11.6 Å². The number of nitrogens with zero attached hydrogens (tertiary/aromatic N) is 3. The lowest BCUT2D eigenvalue weighted by atomic mass is 9.72. The first kappa shape index (κ1) is 36.4. The van der Waals surface area contributed by atoms with E-state index in [1.165, 1.54) is 61.7 Å². The predicted octanol–water partition coefficient (Wildman–Crippen LogP) is 6.63. The Morgan fingerprint density at radius 2 is 1.65 bits per heavy atom. The highest BCUT2D eigenvalue weighted by Gasteiger charge is 2.57. The van der Waals surface area contributed by atoms with Gasteiger partial charge in [-0.1, -0.05) is 29.8 Å². The van der Waals surface area contributed by atoms with Crippen molar-refractivity contribution >= 4 is 39.3 Å². The van der Waals surface area contributed by atoms with E-state index in [0.717, 1.165) is 4.31 Å². The summed E-state index contributed by atoms with van der Waals surface area (Å²) >= 11 is 6.62. The molecular formula is C36H43ClFN3O7S. The zero-order valence-electron chi connectivity index (χ0n) is 28.7. The minimum atomic E-state index is -4.50. The van der Waals surface area contributed by atoms with Gasteiger partial charge in [0.15, 0.2) is 0 Å². The summed E-state index contributed by atoms with van der Waals surface area (Å²) < 4.78 is 62.0. The SMILES string of the molecule is COc1cc2c(cc1Cl)C(CCCN1CCN(C(=O)OC(C)(C)C)CC1)(c1ccccc1F)C(=O)N2S(=O)(=O)c1ccc(OC(C)C)cc1. The minimum absolute atomic E-state index is 0.0444. The number of carbonyl (C=O) groups excluding carboxylic acids is 2. The van der Waals surface area contributed by atoms with Gasteiger partial charge in [-0.05, 0) is 96.0 Å². The first-order chi connectivity index (χ1) is 23.1. The van der Waals surface area contributed by atoms with Crippen molar-refractivity contribution in [1.29, 1.82) is 0 Å². The number of hydrogen-bond donors (Lipinski definition) is 0. The summed E-state index contributed by atoms with van der Waals surface area (Å²) in [5.41, 5.74) is -1.95. The quantitative estimate of drug-likeness (QED) is 0.231. The lowest BCUT2D eigenvalue weighted by Crippen LogP contribution is -2.50. The topological polar surface area (TPSA) is 106 Å². The Balaban J connectivity index is 1.50. The molecule has 5 rings (SSSR count). The first-order valence-corrected chi connectivity index (χ1v) is 18.1. The molecular weight excluding hydrogens is 673 g/mol. The predicted molar refractivity (Wildman–Crippen MR) is 186 cm³/mol. The van der Waals surface area contributed by atoms with Crippen LogP contribution in [0.1, 0.15) is 58.6 Å². The van der Waals surface area contributed by atoms with Crippen LogP contribution in [0.2, 0.25) is 5.02 Å². The molecule has 0 N–H and O–H groups in total. The van der Waals surface area contributed by atoms with E-state index in [1.807, 2.05) is 34.6 Å². The average Bonchev–Trinajstić information content (AvgIpc) is 3.27. The van der Waals surface area contributed by atoms with Gasteiger partial charge in [-0.2, -0.15) is 0 Å². The van der Waals surface area contributed by atoms with Crippen molar-refractivity contribution in [2.24, 2.45) is 0 Å². The maximum atomic E-state index is 15.9. The number of carbonyl (C=O) groups is 2. The second kappa shape index (κ2) is 14.2. The molecule has 10 nitrogen and oxygen atoms in total. The van der Waals surface area contributed by atoms with E-state index in [4.69, 9.17) is 25.8 Å². The van der Waals surface area contributed by atoms with E-state index in [9.17, 15) is 18.0 Å². The molecule has 1 atom stereocenters. The van der Waals surface area contributed by atoms with E-state index in [0.29, 0.717) is 44.9 Å². The summed E-state index contributed by atoms with van der Waals surface area (Å²) in [6, 6.07) is 14.7. The maximum absolute atomic E-state index is 15.9. The van der Waals surface area contributed by atoms with Crippen LogP contribution in [0.25, 0.3) is 0 Å². The lowest BCUT2D eigenvalue weighted by Gasteiger charge is -2.36. The van der Waals surface area contributed by atoms with Crippen molar-refractivity contribution in [2.75, 3.05) is 44.1 Å². The fourth-order valence-corrected chi connectivity index (χ4v) is 8.12. The molecule has 2 aliphatic heterocycles. The number of anilines is 1. The number of amides is 2. The minimum Gasteiger partial charge on any atom is -0.495 e. The summed E-state index contributed by atoms with van der Waals surface area (Å²) in [5, 5.41) is 0.155. The van der Waals surface area contributed by atoms with Gasteiger partial charge in [-0.15, -0.1) is 0 Å². The molecule has 3 aromatic rings.